The standard InChI is InChI=1S/C14H19F4NS/c1-10(2)7-13(9-20-14(16,17)18)19-8-11-3-5-12(15)6-4-11/h3-6,10,13,19H,7-9H2,1-2H3. The maximum absolute atomic E-state index is 12.8. The van der Waals surface area contributed by atoms with E-state index in [4.69, 9.17) is 0 Å². The van der Waals surface area contributed by atoms with Crippen molar-refractivity contribution in [2.75, 3.05) is 5.75 Å². The minimum absolute atomic E-state index is 0.00125. The molecule has 0 aromatic heterocycles. The largest absolute Gasteiger partial charge is 0.441 e. The number of hydrogen-bond donors (Lipinski definition) is 1. The van der Waals surface area contributed by atoms with E-state index in [0.717, 1.165) is 5.56 Å². The lowest BCUT2D eigenvalue weighted by Gasteiger charge is -2.21. The van der Waals surface area contributed by atoms with Crippen molar-refractivity contribution in [3.05, 3.63) is 35.6 Å². The third-order valence-corrected chi connectivity index (χ3v) is 3.61. The van der Waals surface area contributed by atoms with Crippen LogP contribution in [0.5, 0.6) is 0 Å². The molecule has 0 aliphatic heterocycles. The first-order valence-corrected chi connectivity index (χ1v) is 7.43. The van der Waals surface area contributed by atoms with Crippen LogP contribution in [0.2, 0.25) is 0 Å². The molecule has 1 N–H and O–H groups in total. The number of benzene rings is 1. The topological polar surface area (TPSA) is 12.0 Å². The summed E-state index contributed by atoms with van der Waals surface area (Å²) in [5.41, 5.74) is -3.34. The van der Waals surface area contributed by atoms with E-state index >= 15 is 0 Å². The Kier molecular flexibility index (Phi) is 6.82. The van der Waals surface area contributed by atoms with Crippen LogP contribution in [0.4, 0.5) is 17.6 Å². The van der Waals surface area contributed by atoms with Crippen LogP contribution in [0.3, 0.4) is 0 Å². The first-order valence-electron chi connectivity index (χ1n) is 6.45. The fourth-order valence-corrected chi connectivity index (χ4v) is 2.48. The van der Waals surface area contributed by atoms with Gasteiger partial charge in [-0.1, -0.05) is 26.0 Å². The Labute approximate surface area is 121 Å². The Morgan fingerprint density at radius 2 is 1.75 bits per heavy atom. The molecule has 1 atom stereocenters. The van der Waals surface area contributed by atoms with Gasteiger partial charge in [0.25, 0.3) is 0 Å². The smallest absolute Gasteiger partial charge is 0.309 e. The molecular weight excluding hydrogens is 290 g/mol. The van der Waals surface area contributed by atoms with Crippen LogP contribution in [0, 0.1) is 11.7 Å². The second kappa shape index (κ2) is 7.88. The highest BCUT2D eigenvalue weighted by Gasteiger charge is 2.29. The van der Waals surface area contributed by atoms with Crippen LogP contribution in [-0.4, -0.2) is 17.3 Å². The molecular formula is C14H19F4NS. The maximum atomic E-state index is 12.8. The van der Waals surface area contributed by atoms with Gasteiger partial charge in [0.15, 0.2) is 0 Å². The molecule has 20 heavy (non-hydrogen) atoms. The van der Waals surface area contributed by atoms with Crippen LogP contribution in [0.15, 0.2) is 24.3 Å². The van der Waals surface area contributed by atoms with E-state index in [1.165, 1.54) is 12.1 Å². The number of nitrogens with one attached hydrogen (secondary N) is 1. The summed E-state index contributed by atoms with van der Waals surface area (Å²) in [7, 11) is 0. The Morgan fingerprint density at radius 1 is 1.15 bits per heavy atom. The molecule has 6 heteroatoms. The van der Waals surface area contributed by atoms with Crippen LogP contribution < -0.4 is 5.32 Å². The molecule has 0 aliphatic carbocycles. The number of thioether (sulfide) groups is 1. The molecule has 0 aliphatic rings. The van der Waals surface area contributed by atoms with Gasteiger partial charge in [-0.05, 0) is 41.8 Å². The van der Waals surface area contributed by atoms with Crippen molar-refractivity contribution < 1.29 is 17.6 Å². The predicted molar refractivity (Wildman–Crippen MR) is 75.0 cm³/mol. The Balaban J connectivity index is 2.49. The molecule has 114 valence electrons. The van der Waals surface area contributed by atoms with Gasteiger partial charge < -0.3 is 5.32 Å². The van der Waals surface area contributed by atoms with Crippen molar-refractivity contribution in [2.24, 2.45) is 5.92 Å². The van der Waals surface area contributed by atoms with Gasteiger partial charge in [-0.2, -0.15) is 13.2 Å². The number of hydrogen-bond acceptors (Lipinski definition) is 2. The molecule has 0 saturated carbocycles. The van der Waals surface area contributed by atoms with Gasteiger partial charge in [-0.3, -0.25) is 0 Å². The van der Waals surface area contributed by atoms with Crippen LogP contribution >= 0.6 is 11.8 Å². The summed E-state index contributed by atoms with van der Waals surface area (Å²) < 4.78 is 49.5. The lowest BCUT2D eigenvalue weighted by molar-refractivity contribution is -0.0329. The molecule has 0 radical (unpaired) electrons. The molecule has 1 rings (SSSR count). The summed E-state index contributed by atoms with van der Waals surface area (Å²) in [6, 6.07) is 5.74. The maximum Gasteiger partial charge on any atom is 0.441 e. The summed E-state index contributed by atoms with van der Waals surface area (Å²) in [5.74, 6) is -0.0160. The Bertz CT molecular complexity index is 389. The summed E-state index contributed by atoms with van der Waals surface area (Å²) in [4.78, 5) is 0. The van der Waals surface area contributed by atoms with E-state index in [1.807, 2.05) is 13.8 Å². The van der Waals surface area contributed by atoms with E-state index in [1.54, 1.807) is 12.1 Å². The third kappa shape index (κ3) is 7.75. The first kappa shape index (κ1) is 17.3. The zero-order valence-electron chi connectivity index (χ0n) is 11.5. The minimum Gasteiger partial charge on any atom is -0.309 e. The molecule has 1 aromatic carbocycles. The number of rotatable bonds is 7. The summed E-state index contributed by atoms with van der Waals surface area (Å²) in [6.45, 7) is 4.39. The normalized spacial score (nSPS) is 13.8. The Morgan fingerprint density at radius 3 is 2.25 bits per heavy atom. The number of alkyl halides is 3. The quantitative estimate of drug-likeness (QED) is 0.740. The molecule has 0 bridgehead atoms. The summed E-state index contributed by atoms with van der Waals surface area (Å²) in [6.07, 6.45) is 0.671. The summed E-state index contributed by atoms with van der Waals surface area (Å²) >= 11 is -0.00125. The highest BCUT2D eigenvalue weighted by Crippen LogP contribution is 2.31. The highest BCUT2D eigenvalue weighted by atomic mass is 32.2. The van der Waals surface area contributed by atoms with Crippen molar-refractivity contribution in [3.63, 3.8) is 0 Å². The minimum atomic E-state index is -4.20. The monoisotopic (exact) mass is 309 g/mol. The van der Waals surface area contributed by atoms with Crippen molar-refractivity contribution in [3.8, 4) is 0 Å². The summed E-state index contributed by atoms with van der Waals surface area (Å²) in [5, 5.41) is 3.12. The molecule has 0 heterocycles. The fourth-order valence-electron chi connectivity index (χ4n) is 1.84. The van der Waals surface area contributed by atoms with E-state index in [2.05, 4.69) is 5.32 Å². The average Bonchev–Trinajstić information content (AvgIpc) is 2.33. The molecule has 0 fully saturated rings. The van der Waals surface area contributed by atoms with Crippen LogP contribution in [0.25, 0.3) is 0 Å². The zero-order chi connectivity index (χ0) is 15.2. The predicted octanol–water partition coefficient (Wildman–Crippen LogP) is 4.58. The highest BCUT2D eigenvalue weighted by molar-refractivity contribution is 8.00. The Hall–Kier alpha value is -0.750. The van der Waals surface area contributed by atoms with Gasteiger partial charge in [0.2, 0.25) is 0 Å². The van der Waals surface area contributed by atoms with E-state index in [-0.39, 0.29) is 29.4 Å². The van der Waals surface area contributed by atoms with Gasteiger partial charge in [-0.15, -0.1) is 0 Å². The second-order valence-corrected chi connectivity index (χ2v) is 6.18. The molecule has 0 saturated heterocycles. The molecule has 1 unspecified atom stereocenters. The van der Waals surface area contributed by atoms with Gasteiger partial charge >= 0.3 is 5.51 Å². The van der Waals surface area contributed by atoms with Gasteiger partial charge in [0, 0.05) is 18.3 Å². The van der Waals surface area contributed by atoms with E-state index in [9.17, 15) is 17.6 Å². The SMILES string of the molecule is CC(C)CC(CSC(F)(F)F)NCc1ccc(F)cc1. The average molecular weight is 309 g/mol. The van der Waals surface area contributed by atoms with Crippen molar-refractivity contribution in [1.29, 1.82) is 0 Å². The lowest BCUT2D eigenvalue weighted by Crippen LogP contribution is -2.33. The van der Waals surface area contributed by atoms with Gasteiger partial charge in [-0.25, -0.2) is 4.39 Å². The second-order valence-electron chi connectivity index (χ2n) is 5.09. The van der Waals surface area contributed by atoms with E-state index < -0.39 is 5.51 Å². The third-order valence-electron chi connectivity index (χ3n) is 2.71. The molecule has 1 nitrogen and oxygen atoms in total. The lowest BCUT2D eigenvalue weighted by atomic mass is 10.0. The van der Waals surface area contributed by atoms with E-state index in [0.29, 0.717) is 18.9 Å². The van der Waals surface area contributed by atoms with Crippen LogP contribution in [0.1, 0.15) is 25.8 Å². The molecule has 0 amide bonds. The van der Waals surface area contributed by atoms with Gasteiger partial charge in [0.05, 0.1) is 0 Å². The number of halogens is 4. The van der Waals surface area contributed by atoms with Crippen molar-refractivity contribution >= 4 is 11.8 Å². The van der Waals surface area contributed by atoms with Crippen LogP contribution in [-0.2, 0) is 6.54 Å². The molecule has 0 spiro atoms. The zero-order valence-corrected chi connectivity index (χ0v) is 12.3. The first-order chi connectivity index (χ1) is 9.26. The van der Waals surface area contributed by atoms with Gasteiger partial charge in [0.1, 0.15) is 5.82 Å². The van der Waals surface area contributed by atoms with Crippen molar-refractivity contribution in [1.82, 2.24) is 5.32 Å². The molecule has 1 aromatic rings. The van der Waals surface area contributed by atoms with Crippen molar-refractivity contribution in [2.45, 2.75) is 38.4 Å². The fraction of sp³-hybridized carbons (Fsp3) is 0.571.